The van der Waals surface area contributed by atoms with Crippen LogP contribution in [0.5, 0.6) is 0 Å². The molecule has 0 atom stereocenters. The Labute approximate surface area is 130 Å². The molecule has 0 fully saturated rings. The number of nitrogens with zero attached hydrogens (tertiary/aromatic N) is 1. The normalized spacial score (nSPS) is 12.4. The van der Waals surface area contributed by atoms with Crippen molar-refractivity contribution in [2.75, 3.05) is 5.32 Å². The second-order valence-electron chi connectivity index (χ2n) is 5.87. The number of hydrogen-bond donors (Lipinski definition) is 1. The van der Waals surface area contributed by atoms with E-state index < -0.39 is 14.6 Å². The van der Waals surface area contributed by atoms with Crippen molar-refractivity contribution in [3.63, 3.8) is 0 Å². The molecular formula is C15H20N2O2S2. The maximum Gasteiger partial charge on any atom is 0.200 e. The lowest BCUT2D eigenvalue weighted by molar-refractivity contribution is 0.556. The van der Waals surface area contributed by atoms with Gasteiger partial charge in [0.1, 0.15) is 0 Å². The highest BCUT2D eigenvalue weighted by atomic mass is 32.2. The molecular weight excluding hydrogens is 304 g/mol. The molecule has 0 radical (unpaired) electrons. The van der Waals surface area contributed by atoms with Crippen molar-refractivity contribution in [3.05, 3.63) is 40.2 Å². The van der Waals surface area contributed by atoms with Crippen molar-refractivity contribution in [1.29, 1.82) is 0 Å². The van der Waals surface area contributed by atoms with Gasteiger partial charge in [-0.1, -0.05) is 0 Å². The van der Waals surface area contributed by atoms with Crippen LogP contribution in [0.3, 0.4) is 0 Å². The van der Waals surface area contributed by atoms with Gasteiger partial charge in [-0.3, -0.25) is 0 Å². The summed E-state index contributed by atoms with van der Waals surface area (Å²) in [6.45, 7) is 7.81. The Morgan fingerprint density at radius 2 is 1.90 bits per heavy atom. The van der Waals surface area contributed by atoms with Crippen molar-refractivity contribution < 1.29 is 8.42 Å². The highest BCUT2D eigenvalue weighted by Crippen LogP contribution is 2.24. The molecule has 0 aliphatic heterocycles. The summed E-state index contributed by atoms with van der Waals surface area (Å²) >= 11 is 1.74. The Morgan fingerprint density at radius 3 is 2.38 bits per heavy atom. The van der Waals surface area contributed by atoms with Crippen LogP contribution in [-0.2, 0) is 16.4 Å². The maximum atomic E-state index is 12.3. The van der Waals surface area contributed by atoms with Crippen LogP contribution >= 0.6 is 11.3 Å². The first-order valence-corrected chi connectivity index (χ1v) is 9.00. The number of sulfone groups is 1. The minimum Gasteiger partial charge on any atom is -0.379 e. The molecule has 0 amide bonds. The SMILES string of the molecule is Cc1ccc(CNc2ccc(S(=O)(=O)C(C)(C)C)nc2)s1. The first-order valence-electron chi connectivity index (χ1n) is 6.70. The van der Waals surface area contributed by atoms with Gasteiger partial charge in [-0.15, -0.1) is 11.3 Å². The summed E-state index contributed by atoms with van der Waals surface area (Å²) in [5, 5.41) is 3.36. The number of nitrogens with one attached hydrogen (secondary N) is 1. The van der Waals surface area contributed by atoms with E-state index in [9.17, 15) is 8.42 Å². The quantitative estimate of drug-likeness (QED) is 0.933. The zero-order valence-corrected chi connectivity index (χ0v) is 14.3. The van der Waals surface area contributed by atoms with Crippen LogP contribution in [0.4, 0.5) is 5.69 Å². The van der Waals surface area contributed by atoms with Crippen molar-refractivity contribution in [3.8, 4) is 0 Å². The van der Waals surface area contributed by atoms with Crippen LogP contribution in [0, 0.1) is 6.92 Å². The second kappa shape index (κ2) is 5.77. The fourth-order valence-electron chi connectivity index (χ4n) is 1.73. The molecule has 114 valence electrons. The fourth-order valence-corrected chi connectivity index (χ4v) is 3.62. The third kappa shape index (κ3) is 3.63. The van der Waals surface area contributed by atoms with Crippen LogP contribution in [0.15, 0.2) is 35.5 Å². The molecule has 2 heterocycles. The average Bonchev–Trinajstić information content (AvgIpc) is 2.81. The van der Waals surface area contributed by atoms with Crippen LogP contribution in [-0.4, -0.2) is 18.1 Å². The summed E-state index contributed by atoms with van der Waals surface area (Å²) in [5.41, 5.74) is 0.814. The number of rotatable bonds is 4. The van der Waals surface area contributed by atoms with Crippen LogP contribution < -0.4 is 5.32 Å². The molecule has 0 aromatic carbocycles. The van der Waals surface area contributed by atoms with Gasteiger partial charge in [-0.2, -0.15) is 0 Å². The van der Waals surface area contributed by atoms with Crippen molar-refractivity contribution >= 4 is 26.9 Å². The Morgan fingerprint density at radius 1 is 1.19 bits per heavy atom. The number of aryl methyl sites for hydroxylation is 1. The van der Waals surface area contributed by atoms with E-state index in [4.69, 9.17) is 0 Å². The van der Waals surface area contributed by atoms with Crippen LogP contribution in [0.2, 0.25) is 0 Å². The molecule has 0 bridgehead atoms. The largest absolute Gasteiger partial charge is 0.379 e. The van der Waals surface area contributed by atoms with Crippen molar-refractivity contribution in [2.45, 2.75) is 44.0 Å². The zero-order valence-electron chi connectivity index (χ0n) is 12.7. The van der Waals surface area contributed by atoms with Gasteiger partial charge >= 0.3 is 0 Å². The number of hydrogen-bond acceptors (Lipinski definition) is 5. The second-order valence-corrected chi connectivity index (χ2v) is 9.89. The number of pyridine rings is 1. The number of thiophene rings is 1. The molecule has 4 nitrogen and oxygen atoms in total. The summed E-state index contributed by atoms with van der Waals surface area (Å²) < 4.78 is 23.7. The summed E-state index contributed by atoms with van der Waals surface area (Å²) in [5.74, 6) is 0. The molecule has 0 aliphatic carbocycles. The Bertz CT molecular complexity index is 711. The standard InChI is InChI=1S/C15H20N2O2S2/c1-11-5-7-13(20-11)10-16-12-6-8-14(17-9-12)21(18,19)15(2,3)4/h5-9,16H,10H2,1-4H3. The topological polar surface area (TPSA) is 59.1 Å². The van der Waals surface area contributed by atoms with Gasteiger partial charge < -0.3 is 5.32 Å². The molecule has 1 N–H and O–H groups in total. The monoisotopic (exact) mass is 324 g/mol. The Hall–Kier alpha value is -1.40. The summed E-state index contributed by atoms with van der Waals surface area (Å²) in [7, 11) is -3.39. The lowest BCUT2D eigenvalue weighted by Crippen LogP contribution is -2.28. The third-order valence-corrected chi connectivity index (χ3v) is 6.49. The third-order valence-electron chi connectivity index (χ3n) is 3.08. The lowest BCUT2D eigenvalue weighted by atomic mass is 10.3. The Balaban J connectivity index is 2.09. The molecule has 21 heavy (non-hydrogen) atoms. The van der Waals surface area contributed by atoms with Gasteiger partial charge in [-0.25, -0.2) is 13.4 Å². The minimum absolute atomic E-state index is 0.118. The first-order chi connectivity index (χ1) is 9.70. The summed E-state index contributed by atoms with van der Waals surface area (Å²) in [6, 6.07) is 7.48. The molecule has 0 saturated heterocycles. The van der Waals surface area contributed by atoms with E-state index in [0.29, 0.717) is 6.54 Å². The van der Waals surface area contributed by atoms with E-state index in [1.54, 1.807) is 50.4 Å². The molecule has 2 rings (SSSR count). The van der Waals surface area contributed by atoms with Gasteiger partial charge in [0.2, 0.25) is 0 Å². The number of aromatic nitrogens is 1. The van der Waals surface area contributed by atoms with Gasteiger partial charge in [0.25, 0.3) is 0 Å². The maximum absolute atomic E-state index is 12.3. The van der Waals surface area contributed by atoms with E-state index in [1.807, 2.05) is 0 Å². The summed E-state index contributed by atoms with van der Waals surface area (Å²) in [4.78, 5) is 6.60. The number of anilines is 1. The minimum atomic E-state index is -3.39. The Kier molecular flexibility index (Phi) is 4.39. The van der Waals surface area contributed by atoms with Gasteiger partial charge in [-0.05, 0) is 52.0 Å². The van der Waals surface area contributed by atoms with E-state index >= 15 is 0 Å². The van der Waals surface area contributed by atoms with E-state index in [-0.39, 0.29) is 5.03 Å². The fraction of sp³-hybridized carbons (Fsp3) is 0.400. The lowest BCUT2D eigenvalue weighted by Gasteiger charge is -2.18. The van der Waals surface area contributed by atoms with Gasteiger partial charge in [0, 0.05) is 16.3 Å². The highest BCUT2D eigenvalue weighted by Gasteiger charge is 2.31. The smallest absolute Gasteiger partial charge is 0.200 e. The predicted molar refractivity (Wildman–Crippen MR) is 87.6 cm³/mol. The zero-order chi connectivity index (χ0) is 15.7. The summed E-state index contributed by atoms with van der Waals surface area (Å²) in [6.07, 6.45) is 1.57. The first kappa shape index (κ1) is 16.0. The van der Waals surface area contributed by atoms with Gasteiger partial charge in [0.15, 0.2) is 14.9 Å². The molecule has 2 aromatic heterocycles. The molecule has 0 aliphatic rings. The average molecular weight is 324 g/mol. The van der Waals surface area contributed by atoms with E-state index in [1.165, 1.54) is 9.75 Å². The molecule has 0 spiro atoms. The van der Waals surface area contributed by atoms with Crippen molar-refractivity contribution in [1.82, 2.24) is 4.98 Å². The van der Waals surface area contributed by atoms with Crippen LogP contribution in [0.1, 0.15) is 30.5 Å². The molecule has 2 aromatic rings. The molecule has 0 unspecified atom stereocenters. The highest BCUT2D eigenvalue weighted by molar-refractivity contribution is 7.92. The van der Waals surface area contributed by atoms with Crippen molar-refractivity contribution in [2.24, 2.45) is 0 Å². The van der Waals surface area contributed by atoms with Crippen LogP contribution in [0.25, 0.3) is 0 Å². The molecule has 0 saturated carbocycles. The van der Waals surface area contributed by atoms with E-state index in [2.05, 4.69) is 29.4 Å². The predicted octanol–water partition coefficient (Wildman–Crippen LogP) is 3.64. The molecule has 6 heteroatoms. The van der Waals surface area contributed by atoms with E-state index in [0.717, 1.165) is 5.69 Å². The van der Waals surface area contributed by atoms with Gasteiger partial charge in [0.05, 0.1) is 16.6 Å².